The zero-order valence-electron chi connectivity index (χ0n) is 14.4. The fourth-order valence-corrected chi connectivity index (χ4v) is 3.99. The van der Waals surface area contributed by atoms with Crippen molar-refractivity contribution in [1.29, 1.82) is 0 Å². The lowest BCUT2D eigenvalue weighted by Gasteiger charge is -2.22. The van der Waals surface area contributed by atoms with Crippen LogP contribution >= 0.6 is 11.6 Å². The highest BCUT2D eigenvalue weighted by Gasteiger charge is 2.40. The quantitative estimate of drug-likeness (QED) is 0.765. The number of benzene rings is 1. The minimum absolute atomic E-state index is 0.0896. The van der Waals surface area contributed by atoms with Gasteiger partial charge in [-0.3, -0.25) is 4.79 Å². The summed E-state index contributed by atoms with van der Waals surface area (Å²) >= 11 is 5.93. The van der Waals surface area contributed by atoms with E-state index >= 15 is 0 Å². The monoisotopic (exact) mass is 391 g/mol. The zero-order valence-corrected chi connectivity index (χ0v) is 15.9. The van der Waals surface area contributed by atoms with E-state index in [1.165, 1.54) is 25.3 Å². The van der Waals surface area contributed by atoms with Gasteiger partial charge in [-0.15, -0.1) is 0 Å². The third-order valence-electron chi connectivity index (χ3n) is 3.85. The molecule has 1 heterocycles. The van der Waals surface area contributed by atoms with Crippen LogP contribution in [-0.2, 0) is 24.3 Å². The maximum absolute atomic E-state index is 12.7. The van der Waals surface area contributed by atoms with E-state index in [0.717, 1.165) is 0 Å². The van der Waals surface area contributed by atoms with Crippen molar-refractivity contribution in [1.82, 2.24) is 4.72 Å². The molecule has 1 fully saturated rings. The van der Waals surface area contributed by atoms with Crippen molar-refractivity contribution in [2.75, 3.05) is 20.3 Å². The minimum atomic E-state index is -4.18. The third-order valence-corrected chi connectivity index (χ3v) is 5.44. The molecule has 1 saturated heterocycles. The summed E-state index contributed by atoms with van der Waals surface area (Å²) < 4.78 is 43.4. The van der Waals surface area contributed by atoms with E-state index in [1.807, 2.05) is 0 Å². The number of amides is 1. The van der Waals surface area contributed by atoms with E-state index in [2.05, 4.69) is 4.72 Å². The number of ether oxygens (including phenoxy) is 3. The third kappa shape index (κ3) is 4.84. The van der Waals surface area contributed by atoms with Gasteiger partial charge >= 0.3 is 0 Å². The predicted molar refractivity (Wildman–Crippen MR) is 92.3 cm³/mol. The fraction of sp³-hybridized carbons (Fsp3) is 0.562. The van der Waals surface area contributed by atoms with Gasteiger partial charge in [0.1, 0.15) is 22.4 Å². The lowest BCUT2D eigenvalue weighted by atomic mass is 10.0. The molecule has 2 unspecified atom stereocenters. The average Bonchev–Trinajstić information content (AvgIpc) is 2.97. The second-order valence-electron chi connectivity index (χ2n) is 6.09. The first-order valence-corrected chi connectivity index (χ1v) is 9.70. The maximum Gasteiger partial charge on any atom is 0.267 e. The van der Waals surface area contributed by atoms with E-state index in [9.17, 15) is 13.2 Å². The largest absolute Gasteiger partial charge is 0.487 e. The zero-order chi connectivity index (χ0) is 18.7. The molecule has 1 N–H and O–H groups in total. The van der Waals surface area contributed by atoms with Crippen molar-refractivity contribution in [3.63, 3.8) is 0 Å². The van der Waals surface area contributed by atoms with Crippen LogP contribution in [0.2, 0.25) is 5.02 Å². The number of nitrogens with one attached hydrogen (secondary N) is 1. The average molecular weight is 392 g/mol. The van der Waals surface area contributed by atoms with Crippen LogP contribution in [0.3, 0.4) is 0 Å². The second kappa shape index (κ2) is 7.90. The summed E-state index contributed by atoms with van der Waals surface area (Å²) in [6.45, 7) is 4.01. The molecule has 1 aromatic carbocycles. The van der Waals surface area contributed by atoms with Crippen LogP contribution in [0, 0.1) is 0 Å². The Morgan fingerprint density at radius 3 is 2.80 bits per heavy atom. The van der Waals surface area contributed by atoms with Gasteiger partial charge in [0.2, 0.25) is 0 Å². The Bertz CT molecular complexity index is 730. The Balaban J connectivity index is 2.28. The minimum Gasteiger partial charge on any atom is -0.487 e. The highest BCUT2D eigenvalue weighted by molar-refractivity contribution is 7.90. The van der Waals surface area contributed by atoms with Gasteiger partial charge in [0.25, 0.3) is 15.9 Å². The van der Waals surface area contributed by atoms with Gasteiger partial charge in [0.05, 0.1) is 6.61 Å². The Morgan fingerprint density at radius 2 is 2.20 bits per heavy atom. The highest BCUT2D eigenvalue weighted by Crippen LogP contribution is 2.30. The molecule has 2 atom stereocenters. The highest BCUT2D eigenvalue weighted by atomic mass is 35.5. The summed E-state index contributed by atoms with van der Waals surface area (Å²) in [7, 11) is -2.66. The van der Waals surface area contributed by atoms with Crippen molar-refractivity contribution in [2.45, 2.75) is 43.3 Å². The van der Waals surface area contributed by atoms with Gasteiger partial charge in [-0.2, -0.15) is 0 Å². The molecule has 0 aromatic heterocycles. The first-order valence-electron chi connectivity index (χ1n) is 7.84. The molecule has 2 rings (SSSR count). The molecular weight excluding hydrogens is 370 g/mol. The van der Waals surface area contributed by atoms with Crippen LogP contribution < -0.4 is 9.46 Å². The molecule has 0 aliphatic carbocycles. The van der Waals surface area contributed by atoms with E-state index in [4.69, 9.17) is 25.8 Å². The first kappa shape index (κ1) is 20.0. The van der Waals surface area contributed by atoms with Gasteiger partial charge in [-0.25, -0.2) is 13.1 Å². The normalized spacial score (nSPS) is 21.8. The maximum atomic E-state index is 12.7. The van der Waals surface area contributed by atoms with E-state index in [1.54, 1.807) is 13.8 Å². The lowest BCUT2D eigenvalue weighted by molar-refractivity contribution is -0.137. The van der Waals surface area contributed by atoms with Crippen LogP contribution in [0.25, 0.3) is 0 Å². The summed E-state index contributed by atoms with van der Waals surface area (Å²) in [5.41, 5.74) is -1.16. The Hall–Kier alpha value is -1.35. The second-order valence-corrected chi connectivity index (χ2v) is 8.18. The molecule has 25 heavy (non-hydrogen) atoms. The van der Waals surface area contributed by atoms with Gasteiger partial charge in [-0.05, 0) is 44.9 Å². The summed E-state index contributed by atoms with van der Waals surface area (Å²) in [6, 6.07) is 4.20. The molecule has 9 heteroatoms. The predicted octanol–water partition coefficient (Wildman–Crippen LogP) is 2.13. The molecule has 0 bridgehead atoms. The lowest BCUT2D eigenvalue weighted by Crippen LogP contribution is -2.46. The summed E-state index contributed by atoms with van der Waals surface area (Å²) in [4.78, 5) is 12.2. The molecule has 1 amide bonds. The number of rotatable bonds is 7. The molecule has 1 aliphatic rings. The van der Waals surface area contributed by atoms with Crippen LogP contribution in [0.4, 0.5) is 0 Å². The van der Waals surface area contributed by atoms with Crippen molar-refractivity contribution in [2.24, 2.45) is 0 Å². The number of carbonyl (C=O) groups excluding carboxylic acids is 1. The number of sulfonamides is 1. The van der Waals surface area contributed by atoms with Gasteiger partial charge in [-0.1, -0.05) is 11.6 Å². The molecule has 7 nitrogen and oxygen atoms in total. The Labute approximate surface area is 152 Å². The number of hydrogen-bond donors (Lipinski definition) is 1. The fourth-order valence-electron chi connectivity index (χ4n) is 2.52. The van der Waals surface area contributed by atoms with Crippen LogP contribution in [0.5, 0.6) is 5.75 Å². The molecule has 0 spiro atoms. The molecular formula is C16H22ClNO6S. The number of carbonyl (C=O) groups is 1. The molecule has 1 aliphatic heterocycles. The molecule has 1 aromatic rings. The first-order chi connectivity index (χ1) is 11.7. The molecule has 140 valence electrons. The molecule has 0 saturated carbocycles. The van der Waals surface area contributed by atoms with Crippen molar-refractivity contribution < 1.29 is 27.4 Å². The summed E-state index contributed by atoms with van der Waals surface area (Å²) in [6.07, 6.45) is 0.772. The number of methoxy groups -OCH3 is 1. The smallest absolute Gasteiger partial charge is 0.267 e. The van der Waals surface area contributed by atoms with Gasteiger partial charge < -0.3 is 14.2 Å². The summed E-state index contributed by atoms with van der Waals surface area (Å²) in [5, 5.41) is 0.211. The number of halogens is 1. The van der Waals surface area contributed by atoms with Gasteiger partial charge in [0.15, 0.2) is 0 Å². The Morgan fingerprint density at radius 1 is 1.48 bits per heavy atom. The standard InChI is InChI=1S/C16H22ClNO6S/c1-11(10-22-3)24-13-6-5-12(17)9-14(13)25(20,21)18-15(19)16(2)7-4-8-23-16/h5-6,9,11H,4,7-8,10H2,1-3H3,(H,18,19). The Kier molecular flexibility index (Phi) is 6.31. The van der Waals surface area contributed by atoms with Crippen molar-refractivity contribution in [3.05, 3.63) is 23.2 Å². The van der Waals surface area contributed by atoms with Crippen molar-refractivity contribution >= 4 is 27.5 Å². The van der Waals surface area contributed by atoms with Crippen LogP contribution in [-0.4, -0.2) is 46.4 Å². The van der Waals surface area contributed by atoms with Crippen molar-refractivity contribution in [3.8, 4) is 5.75 Å². The van der Waals surface area contributed by atoms with Crippen LogP contribution in [0.15, 0.2) is 23.1 Å². The van der Waals surface area contributed by atoms with E-state index in [-0.39, 0.29) is 28.4 Å². The topological polar surface area (TPSA) is 90.9 Å². The van der Waals surface area contributed by atoms with Crippen LogP contribution in [0.1, 0.15) is 26.7 Å². The van der Waals surface area contributed by atoms with E-state index < -0.39 is 21.5 Å². The molecule has 0 radical (unpaired) electrons. The SMILES string of the molecule is COCC(C)Oc1ccc(Cl)cc1S(=O)(=O)NC(=O)C1(C)CCCO1. The number of hydrogen-bond acceptors (Lipinski definition) is 6. The van der Waals surface area contributed by atoms with E-state index in [0.29, 0.717) is 19.4 Å². The van der Waals surface area contributed by atoms with Gasteiger partial charge in [0, 0.05) is 18.7 Å². The summed E-state index contributed by atoms with van der Waals surface area (Å²) in [5.74, 6) is -0.618.